The van der Waals surface area contributed by atoms with Gasteiger partial charge in [0.15, 0.2) is 0 Å². The average Bonchev–Trinajstić information content (AvgIpc) is 3.26. The van der Waals surface area contributed by atoms with Gasteiger partial charge in [-0.05, 0) is 17.2 Å². The fraction of sp³-hybridized carbons (Fsp3) is 0.174. The first-order chi connectivity index (χ1) is 14.1. The van der Waals surface area contributed by atoms with Crippen LogP contribution in [0.15, 0.2) is 84.9 Å². The Balaban J connectivity index is 1.78. The molecule has 5 rings (SSSR count). The molecule has 3 aromatic rings. The lowest BCUT2D eigenvalue weighted by molar-refractivity contribution is -0.527. The molecule has 0 radical (unpaired) electrons. The first kappa shape index (κ1) is 17.6. The van der Waals surface area contributed by atoms with Crippen molar-refractivity contribution in [2.24, 2.45) is 0 Å². The maximum Gasteiger partial charge on any atom is 0.250 e. The molecule has 1 spiro atoms. The Morgan fingerprint density at radius 1 is 0.828 bits per heavy atom. The second-order valence-corrected chi connectivity index (χ2v) is 7.50. The average molecular weight is 385 g/mol. The van der Waals surface area contributed by atoms with Crippen LogP contribution in [-0.2, 0) is 10.3 Å². The van der Waals surface area contributed by atoms with Crippen LogP contribution in [0.3, 0.4) is 0 Å². The summed E-state index contributed by atoms with van der Waals surface area (Å²) >= 11 is 0. The van der Waals surface area contributed by atoms with Crippen molar-refractivity contribution < 1.29 is 9.72 Å². The summed E-state index contributed by atoms with van der Waals surface area (Å²) in [4.78, 5) is 25.5. The molecule has 1 saturated heterocycles. The number of anilines is 1. The zero-order chi connectivity index (χ0) is 20.0. The number of nitrogens with zero attached hydrogens (tertiary/aromatic N) is 1. The van der Waals surface area contributed by atoms with Gasteiger partial charge in [-0.25, -0.2) is 0 Å². The summed E-state index contributed by atoms with van der Waals surface area (Å²) in [5.74, 6) is -0.912. The number of nitro groups is 1. The van der Waals surface area contributed by atoms with Crippen LogP contribution in [0.2, 0.25) is 0 Å². The predicted octanol–water partition coefficient (Wildman–Crippen LogP) is 3.61. The first-order valence-corrected chi connectivity index (χ1v) is 9.55. The molecule has 144 valence electrons. The third kappa shape index (κ3) is 2.49. The van der Waals surface area contributed by atoms with Gasteiger partial charge in [0.2, 0.25) is 11.9 Å². The molecule has 0 bridgehead atoms. The van der Waals surface area contributed by atoms with Crippen molar-refractivity contribution in [1.29, 1.82) is 0 Å². The molecular weight excluding hydrogens is 366 g/mol. The number of amides is 1. The zero-order valence-electron chi connectivity index (χ0n) is 15.5. The van der Waals surface area contributed by atoms with Crippen molar-refractivity contribution in [2.45, 2.75) is 23.5 Å². The standard InChI is InChI=1S/C23H19N3O3/c27-22-23(17-13-7-8-14-18(17)24-22)19(15-9-3-1-4-10-15)21(26(28)29)20(25-23)16-11-5-2-6-12-16/h1-14,19-21,25H,(H,24,27)/t19?,20?,21?,23-/m1/s1. The fourth-order valence-electron chi connectivity index (χ4n) is 4.89. The quantitative estimate of drug-likeness (QED) is 0.533. The molecule has 2 heterocycles. The number of nitrogens with one attached hydrogen (secondary N) is 2. The Morgan fingerprint density at radius 3 is 2.07 bits per heavy atom. The molecule has 6 nitrogen and oxygen atoms in total. The molecule has 6 heteroatoms. The van der Waals surface area contributed by atoms with Gasteiger partial charge >= 0.3 is 0 Å². The normalized spacial score (nSPS) is 27.6. The third-order valence-corrected chi connectivity index (χ3v) is 6.05. The number of hydrogen-bond acceptors (Lipinski definition) is 4. The lowest BCUT2D eigenvalue weighted by Gasteiger charge is -2.29. The minimum absolute atomic E-state index is 0.245. The number of benzene rings is 3. The molecule has 0 saturated carbocycles. The van der Waals surface area contributed by atoms with Crippen LogP contribution in [0.4, 0.5) is 5.69 Å². The topological polar surface area (TPSA) is 84.3 Å². The molecule has 1 fully saturated rings. The van der Waals surface area contributed by atoms with Crippen LogP contribution < -0.4 is 10.6 Å². The van der Waals surface area contributed by atoms with E-state index in [9.17, 15) is 14.9 Å². The summed E-state index contributed by atoms with van der Waals surface area (Å²) in [6.45, 7) is 0. The largest absolute Gasteiger partial charge is 0.324 e. The Morgan fingerprint density at radius 2 is 1.41 bits per heavy atom. The number of para-hydroxylation sites is 1. The van der Waals surface area contributed by atoms with Gasteiger partial charge in [-0.2, -0.15) is 0 Å². The van der Waals surface area contributed by atoms with Crippen LogP contribution in [0.1, 0.15) is 28.7 Å². The van der Waals surface area contributed by atoms with Gasteiger partial charge in [-0.1, -0.05) is 78.9 Å². The number of hydrogen-bond donors (Lipinski definition) is 2. The van der Waals surface area contributed by atoms with Crippen LogP contribution in [0, 0.1) is 10.1 Å². The summed E-state index contributed by atoms with van der Waals surface area (Å²) < 4.78 is 0. The van der Waals surface area contributed by atoms with E-state index in [1.165, 1.54) is 0 Å². The van der Waals surface area contributed by atoms with E-state index in [1.807, 2.05) is 84.9 Å². The van der Waals surface area contributed by atoms with E-state index in [0.29, 0.717) is 5.69 Å². The highest BCUT2D eigenvalue weighted by molar-refractivity contribution is 6.07. The second kappa shape index (κ2) is 6.53. The molecule has 3 aromatic carbocycles. The Labute approximate surface area is 167 Å². The number of fused-ring (bicyclic) bond motifs is 2. The van der Waals surface area contributed by atoms with Gasteiger partial charge < -0.3 is 5.32 Å². The van der Waals surface area contributed by atoms with Crippen molar-refractivity contribution in [3.63, 3.8) is 0 Å². The van der Waals surface area contributed by atoms with Crippen LogP contribution in [-0.4, -0.2) is 16.9 Å². The number of carbonyl (C=O) groups is 1. The van der Waals surface area contributed by atoms with Gasteiger partial charge in [-0.15, -0.1) is 0 Å². The van der Waals surface area contributed by atoms with Crippen molar-refractivity contribution in [1.82, 2.24) is 5.32 Å². The maximum absolute atomic E-state index is 13.4. The van der Waals surface area contributed by atoms with Crippen LogP contribution in [0.25, 0.3) is 0 Å². The molecule has 2 aliphatic heterocycles. The highest BCUT2D eigenvalue weighted by Crippen LogP contribution is 2.55. The van der Waals surface area contributed by atoms with E-state index in [4.69, 9.17) is 0 Å². The molecular formula is C23H19N3O3. The number of carbonyl (C=O) groups excluding carboxylic acids is 1. The molecule has 3 unspecified atom stereocenters. The summed E-state index contributed by atoms with van der Waals surface area (Å²) in [5.41, 5.74) is 1.80. The molecule has 4 atom stereocenters. The van der Waals surface area contributed by atoms with Crippen molar-refractivity contribution in [3.05, 3.63) is 112 Å². The molecule has 0 aliphatic carbocycles. The van der Waals surface area contributed by atoms with Crippen molar-refractivity contribution >= 4 is 11.6 Å². The summed E-state index contributed by atoms with van der Waals surface area (Å²) in [6.07, 6.45) is 0. The third-order valence-electron chi connectivity index (χ3n) is 6.05. The van der Waals surface area contributed by atoms with E-state index < -0.39 is 23.5 Å². The predicted molar refractivity (Wildman–Crippen MR) is 109 cm³/mol. The lowest BCUT2D eigenvalue weighted by atomic mass is 9.74. The SMILES string of the molecule is O=C1Nc2ccccc2[C@]12NC(c1ccccc1)C([N+](=O)[O-])C2c1ccccc1. The van der Waals surface area contributed by atoms with Crippen LogP contribution in [0.5, 0.6) is 0 Å². The van der Waals surface area contributed by atoms with Gasteiger partial charge in [0.05, 0.1) is 5.92 Å². The molecule has 1 amide bonds. The highest BCUT2D eigenvalue weighted by Gasteiger charge is 2.66. The first-order valence-electron chi connectivity index (χ1n) is 9.55. The van der Waals surface area contributed by atoms with Crippen molar-refractivity contribution in [3.8, 4) is 0 Å². The zero-order valence-corrected chi connectivity index (χ0v) is 15.5. The summed E-state index contributed by atoms with van der Waals surface area (Å²) in [6, 6.07) is 24.5. The maximum atomic E-state index is 13.4. The number of rotatable bonds is 3. The Kier molecular flexibility index (Phi) is 3.96. The molecule has 2 N–H and O–H groups in total. The molecule has 29 heavy (non-hydrogen) atoms. The lowest BCUT2D eigenvalue weighted by Crippen LogP contribution is -2.48. The summed E-state index contributed by atoms with van der Waals surface area (Å²) in [5, 5.41) is 18.7. The second-order valence-electron chi connectivity index (χ2n) is 7.50. The van der Waals surface area contributed by atoms with Gasteiger partial charge in [-0.3, -0.25) is 20.2 Å². The van der Waals surface area contributed by atoms with E-state index in [0.717, 1.165) is 16.7 Å². The van der Waals surface area contributed by atoms with Gasteiger partial charge in [0.25, 0.3) is 0 Å². The van der Waals surface area contributed by atoms with Gasteiger partial charge in [0.1, 0.15) is 11.6 Å². The minimum Gasteiger partial charge on any atom is -0.324 e. The Bertz CT molecular complexity index is 1090. The van der Waals surface area contributed by atoms with E-state index in [2.05, 4.69) is 10.6 Å². The van der Waals surface area contributed by atoms with E-state index in [1.54, 1.807) is 0 Å². The molecule has 2 aliphatic rings. The smallest absolute Gasteiger partial charge is 0.250 e. The highest BCUT2D eigenvalue weighted by atomic mass is 16.6. The van der Waals surface area contributed by atoms with Crippen molar-refractivity contribution in [2.75, 3.05) is 5.32 Å². The monoisotopic (exact) mass is 385 g/mol. The fourth-order valence-corrected chi connectivity index (χ4v) is 4.89. The Hall–Kier alpha value is -3.51. The van der Waals surface area contributed by atoms with E-state index >= 15 is 0 Å². The van der Waals surface area contributed by atoms with Gasteiger partial charge in [0, 0.05) is 16.2 Å². The summed E-state index contributed by atoms with van der Waals surface area (Å²) in [7, 11) is 0. The van der Waals surface area contributed by atoms with Crippen LogP contribution >= 0.6 is 0 Å². The molecule has 0 aromatic heterocycles. The van der Waals surface area contributed by atoms with E-state index in [-0.39, 0.29) is 10.8 Å². The minimum atomic E-state index is -1.21.